The van der Waals surface area contributed by atoms with E-state index in [1.165, 1.54) is 59.0 Å². The van der Waals surface area contributed by atoms with Crippen molar-refractivity contribution in [3.05, 3.63) is 82.7 Å². The van der Waals surface area contributed by atoms with Gasteiger partial charge in [0.25, 0.3) is 5.91 Å². The average molecular weight is 370 g/mol. The first kappa shape index (κ1) is 16.2. The summed E-state index contributed by atoms with van der Waals surface area (Å²) >= 11 is 1.17. The van der Waals surface area contributed by atoms with Gasteiger partial charge in [-0.15, -0.1) is 11.3 Å². The van der Waals surface area contributed by atoms with Gasteiger partial charge in [-0.1, -0.05) is 12.1 Å². The molecular formula is C18H11FN2O4S. The van der Waals surface area contributed by atoms with Crippen LogP contribution in [0.15, 0.2) is 70.0 Å². The second kappa shape index (κ2) is 6.23. The number of amides is 1. The highest BCUT2D eigenvalue weighted by atomic mass is 32.1. The molecule has 0 aliphatic carbocycles. The Hall–Kier alpha value is -3.26. The highest BCUT2D eigenvalue weighted by molar-refractivity contribution is 7.13. The van der Waals surface area contributed by atoms with Gasteiger partial charge in [0.1, 0.15) is 5.82 Å². The van der Waals surface area contributed by atoms with Crippen molar-refractivity contribution >= 4 is 28.2 Å². The molecule has 0 fully saturated rings. The topological polar surface area (TPSA) is 83.6 Å². The van der Waals surface area contributed by atoms with Crippen molar-refractivity contribution in [1.82, 2.24) is 4.98 Å². The number of ketones is 1. The van der Waals surface area contributed by atoms with Crippen molar-refractivity contribution < 1.29 is 23.5 Å². The normalized spacial score (nSPS) is 17.2. The molecule has 0 saturated carbocycles. The molecule has 130 valence electrons. The number of furan rings is 1. The highest BCUT2D eigenvalue weighted by Crippen LogP contribution is 2.42. The first-order valence-corrected chi connectivity index (χ1v) is 8.45. The fraction of sp³-hybridized carbons (Fsp3) is 0.0556. The number of hydrogen-bond acceptors (Lipinski definition) is 6. The Labute approximate surface area is 150 Å². The lowest BCUT2D eigenvalue weighted by atomic mass is 9.95. The van der Waals surface area contributed by atoms with E-state index in [9.17, 15) is 19.1 Å². The lowest BCUT2D eigenvalue weighted by molar-refractivity contribution is -0.117. The second-order valence-electron chi connectivity index (χ2n) is 5.52. The summed E-state index contributed by atoms with van der Waals surface area (Å²) in [6.07, 6.45) is 2.82. The van der Waals surface area contributed by atoms with Crippen LogP contribution < -0.4 is 4.90 Å². The number of aromatic nitrogens is 1. The third-order valence-electron chi connectivity index (χ3n) is 3.99. The van der Waals surface area contributed by atoms with E-state index in [0.29, 0.717) is 5.56 Å². The van der Waals surface area contributed by atoms with Gasteiger partial charge in [-0.05, 0) is 29.8 Å². The van der Waals surface area contributed by atoms with E-state index in [-0.39, 0.29) is 16.5 Å². The van der Waals surface area contributed by atoms with Gasteiger partial charge in [0.05, 0.1) is 17.9 Å². The van der Waals surface area contributed by atoms with Crippen LogP contribution in [0.25, 0.3) is 0 Å². The molecule has 2 aromatic heterocycles. The number of aliphatic hydroxyl groups is 1. The molecule has 6 nitrogen and oxygen atoms in total. The summed E-state index contributed by atoms with van der Waals surface area (Å²) in [4.78, 5) is 30.8. The Morgan fingerprint density at radius 3 is 2.81 bits per heavy atom. The van der Waals surface area contributed by atoms with E-state index < -0.39 is 29.3 Å². The van der Waals surface area contributed by atoms with E-state index in [4.69, 9.17) is 4.42 Å². The lowest BCUT2D eigenvalue weighted by Gasteiger charge is -2.24. The summed E-state index contributed by atoms with van der Waals surface area (Å²) in [5.74, 6) is -2.67. The number of thiazole rings is 1. The molecule has 26 heavy (non-hydrogen) atoms. The van der Waals surface area contributed by atoms with Gasteiger partial charge in [-0.3, -0.25) is 14.5 Å². The fourth-order valence-corrected chi connectivity index (χ4v) is 3.57. The van der Waals surface area contributed by atoms with Gasteiger partial charge >= 0.3 is 0 Å². The fourth-order valence-electron chi connectivity index (χ4n) is 2.90. The Morgan fingerprint density at radius 1 is 1.31 bits per heavy atom. The first-order chi connectivity index (χ1) is 12.6. The number of Topliss-reactive ketones (excluding diaryl/α,β-unsaturated/α-hetero) is 1. The second-order valence-corrected chi connectivity index (χ2v) is 6.39. The van der Waals surface area contributed by atoms with Crippen molar-refractivity contribution in [3.63, 3.8) is 0 Å². The third-order valence-corrected chi connectivity index (χ3v) is 4.76. The minimum absolute atomic E-state index is 0.0262. The molecule has 4 rings (SSSR count). The number of anilines is 1. The molecule has 8 heteroatoms. The number of benzene rings is 1. The van der Waals surface area contributed by atoms with Crippen molar-refractivity contribution in [2.75, 3.05) is 4.90 Å². The Morgan fingerprint density at radius 2 is 2.15 bits per heavy atom. The molecule has 0 unspecified atom stereocenters. The Bertz CT molecular complexity index is 1010. The standard InChI is InChI=1S/C18H11FN2O4S/c19-11-4-1-3-10(9-11)14-13(15(22)12-5-2-7-25-12)16(23)17(24)21(14)18-20-6-8-26-18/h1-9,14,23H/t14-/m1/s1. The zero-order valence-corrected chi connectivity index (χ0v) is 13.9. The largest absolute Gasteiger partial charge is 0.503 e. The Balaban J connectivity index is 1.89. The molecule has 1 atom stereocenters. The van der Waals surface area contributed by atoms with Crippen LogP contribution in [0.4, 0.5) is 9.52 Å². The summed E-state index contributed by atoms with van der Waals surface area (Å²) in [6.45, 7) is 0. The molecule has 1 aliphatic rings. The molecule has 1 aliphatic heterocycles. The summed E-state index contributed by atoms with van der Waals surface area (Å²) in [5.41, 5.74) is 0.165. The number of nitrogens with zero attached hydrogens (tertiary/aromatic N) is 2. The highest BCUT2D eigenvalue weighted by Gasteiger charge is 2.46. The monoisotopic (exact) mass is 370 g/mol. The molecule has 1 aromatic carbocycles. The molecule has 0 spiro atoms. The van der Waals surface area contributed by atoms with Crippen LogP contribution in [0.1, 0.15) is 22.2 Å². The minimum Gasteiger partial charge on any atom is -0.503 e. The summed E-state index contributed by atoms with van der Waals surface area (Å²) in [6, 6.07) is 7.47. The van der Waals surface area contributed by atoms with Gasteiger partial charge in [-0.2, -0.15) is 0 Å². The maximum absolute atomic E-state index is 13.8. The van der Waals surface area contributed by atoms with Crippen molar-refractivity contribution in [2.24, 2.45) is 0 Å². The van der Waals surface area contributed by atoms with Crippen molar-refractivity contribution in [3.8, 4) is 0 Å². The predicted octanol–water partition coefficient (Wildman–Crippen LogP) is 3.66. The summed E-state index contributed by atoms with van der Waals surface area (Å²) < 4.78 is 18.9. The molecule has 1 amide bonds. The minimum atomic E-state index is -1.01. The smallest absolute Gasteiger partial charge is 0.296 e. The molecular weight excluding hydrogens is 359 g/mol. The average Bonchev–Trinajstić information content (AvgIpc) is 3.37. The van der Waals surface area contributed by atoms with Crippen LogP contribution in [0, 0.1) is 5.82 Å². The predicted molar refractivity (Wildman–Crippen MR) is 91.4 cm³/mol. The van der Waals surface area contributed by atoms with E-state index in [2.05, 4.69) is 4.98 Å². The Kier molecular flexibility index (Phi) is 3.89. The number of halogens is 1. The van der Waals surface area contributed by atoms with Crippen molar-refractivity contribution in [2.45, 2.75) is 6.04 Å². The molecule has 0 bridgehead atoms. The first-order valence-electron chi connectivity index (χ1n) is 7.58. The van der Waals surface area contributed by atoms with Gasteiger partial charge in [0.2, 0.25) is 5.78 Å². The quantitative estimate of drug-likeness (QED) is 0.709. The number of rotatable bonds is 4. The van der Waals surface area contributed by atoms with Crippen LogP contribution in [-0.4, -0.2) is 21.8 Å². The van der Waals surface area contributed by atoms with E-state index in [1.54, 1.807) is 11.4 Å². The van der Waals surface area contributed by atoms with E-state index >= 15 is 0 Å². The molecule has 0 radical (unpaired) electrons. The summed E-state index contributed by atoms with van der Waals surface area (Å²) in [7, 11) is 0. The van der Waals surface area contributed by atoms with Gasteiger partial charge in [0, 0.05) is 11.6 Å². The molecule has 1 N–H and O–H groups in total. The van der Waals surface area contributed by atoms with Crippen LogP contribution in [0.3, 0.4) is 0 Å². The molecule has 3 aromatic rings. The van der Waals surface area contributed by atoms with E-state index in [1.807, 2.05) is 0 Å². The zero-order valence-electron chi connectivity index (χ0n) is 13.1. The van der Waals surface area contributed by atoms with Crippen LogP contribution in [0.2, 0.25) is 0 Å². The number of carbonyl (C=O) groups excluding carboxylic acids is 2. The maximum atomic E-state index is 13.8. The van der Waals surface area contributed by atoms with Gasteiger partial charge in [0.15, 0.2) is 16.7 Å². The van der Waals surface area contributed by atoms with Crippen LogP contribution >= 0.6 is 11.3 Å². The van der Waals surface area contributed by atoms with Crippen molar-refractivity contribution in [1.29, 1.82) is 0 Å². The van der Waals surface area contributed by atoms with E-state index in [0.717, 1.165) is 0 Å². The maximum Gasteiger partial charge on any atom is 0.296 e. The van der Waals surface area contributed by atoms with Crippen LogP contribution in [-0.2, 0) is 4.79 Å². The van der Waals surface area contributed by atoms with Gasteiger partial charge in [-0.25, -0.2) is 9.37 Å². The third kappa shape index (κ3) is 2.51. The molecule has 0 saturated heterocycles. The lowest BCUT2D eigenvalue weighted by Crippen LogP contribution is -2.31. The zero-order chi connectivity index (χ0) is 18.3. The SMILES string of the molecule is O=C(C1=C(O)C(=O)N(c2nccs2)[C@@H]1c1cccc(F)c1)c1ccco1. The number of aliphatic hydroxyl groups excluding tert-OH is 1. The van der Waals surface area contributed by atoms with Gasteiger partial charge < -0.3 is 9.52 Å². The van der Waals surface area contributed by atoms with Crippen LogP contribution in [0.5, 0.6) is 0 Å². The molecule has 3 heterocycles. The summed E-state index contributed by atoms with van der Waals surface area (Å²) in [5, 5.41) is 12.4. The number of carbonyl (C=O) groups is 2. The number of hydrogen-bond donors (Lipinski definition) is 1.